The minimum atomic E-state index is -4.20. The average Bonchev–Trinajstić information content (AvgIpc) is 2.92. The Labute approximate surface area is 138 Å². The molecule has 1 aromatic carbocycles. The maximum atomic E-state index is 10.8. The Morgan fingerprint density at radius 3 is 2.17 bits per heavy atom. The molecule has 0 saturated carbocycles. The van der Waals surface area contributed by atoms with Crippen LogP contribution in [-0.2, 0) is 16.7 Å². The van der Waals surface area contributed by atoms with E-state index in [9.17, 15) is 13.0 Å². The van der Waals surface area contributed by atoms with Crippen LogP contribution in [-0.4, -0.2) is 23.3 Å². The topological polar surface area (TPSA) is 66.0 Å². The molecule has 0 spiro atoms. The van der Waals surface area contributed by atoms with Crippen LogP contribution < -0.4 is 4.57 Å². The van der Waals surface area contributed by atoms with Crippen LogP contribution in [0.4, 0.5) is 0 Å². The third kappa shape index (κ3) is 4.42. The van der Waals surface area contributed by atoms with E-state index in [1.807, 2.05) is 17.1 Å². The zero-order chi connectivity index (χ0) is 17.2. The van der Waals surface area contributed by atoms with Crippen LogP contribution in [0.5, 0.6) is 0 Å². The van der Waals surface area contributed by atoms with Crippen molar-refractivity contribution in [3.63, 3.8) is 0 Å². The first-order valence-corrected chi connectivity index (χ1v) is 9.40. The van der Waals surface area contributed by atoms with Crippen molar-refractivity contribution < 1.29 is 17.5 Å². The fraction of sp³-hybridized carbons (Fsp3) is 0.471. The number of aromatic nitrogens is 2. The zero-order valence-corrected chi connectivity index (χ0v) is 14.9. The summed E-state index contributed by atoms with van der Waals surface area (Å²) in [6.07, 6.45) is 5.55. The van der Waals surface area contributed by atoms with Gasteiger partial charge in [0.05, 0.1) is 15.9 Å². The molecule has 2 rings (SSSR count). The fourth-order valence-electron chi connectivity index (χ4n) is 2.69. The molecule has 126 valence electrons. The Morgan fingerprint density at radius 2 is 1.70 bits per heavy atom. The monoisotopic (exact) mass is 336 g/mol. The number of benzene rings is 1. The zero-order valence-electron chi connectivity index (χ0n) is 14.1. The fourth-order valence-corrected chi connectivity index (χ4v) is 3.12. The molecule has 0 atom stereocenters. The van der Waals surface area contributed by atoms with Crippen molar-refractivity contribution in [2.45, 2.75) is 46.1 Å². The summed E-state index contributed by atoms with van der Waals surface area (Å²) in [5.41, 5.74) is 3.63. The molecule has 0 N–H and O–H groups in total. The van der Waals surface area contributed by atoms with Gasteiger partial charge in [0.25, 0.3) is 0 Å². The molecule has 0 aliphatic rings. The third-order valence-corrected chi connectivity index (χ3v) is 4.57. The first-order valence-electron chi connectivity index (χ1n) is 7.83. The molecular formula is C17H24N2O3S. The maximum absolute atomic E-state index is 10.8. The van der Waals surface area contributed by atoms with Crippen molar-refractivity contribution in [3.05, 3.63) is 48.0 Å². The van der Waals surface area contributed by atoms with Gasteiger partial charge in [0.1, 0.15) is 24.6 Å². The molecule has 0 saturated heterocycles. The van der Waals surface area contributed by atoms with Gasteiger partial charge in [-0.3, -0.25) is 0 Å². The number of rotatable bonds is 6. The molecule has 0 unspecified atom stereocenters. The molecule has 1 heterocycles. The van der Waals surface area contributed by atoms with Gasteiger partial charge in [-0.05, 0) is 11.8 Å². The number of hydrogen-bond acceptors (Lipinski definition) is 3. The normalized spacial score (nSPS) is 12.3. The Hall–Kier alpha value is -1.66. The van der Waals surface area contributed by atoms with Crippen molar-refractivity contribution in [3.8, 4) is 5.69 Å². The lowest BCUT2D eigenvalue weighted by atomic mass is 9.92. The lowest BCUT2D eigenvalue weighted by molar-refractivity contribution is -0.691. The Balaban J connectivity index is 2.43. The van der Waals surface area contributed by atoms with Gasteiger partial charge in [-0.25, -0.2) is 17.6 Å². The SMILES string of the molecule is CC(C)c1cccc(C(C)C)c1-n1cc[n+](CCS(=O)(=O)[O-])c1. The van der Waals surface area contributed by atoms with Gasteiger partial charge in [0.2, 0.25) is 6.33 Å². The molecule has 23 heavy (non-hydrogen) atoms. The van der Waals surface area contributed by atoms with Gasteiger partial charge < -0.3 is 4.55 Å². The van der Waals surface area contributed by atoms with E-state index in [4.69, 9.17) is 0 Å². The second-order valence-electron chi connectivity index (χ2n) is 6.41. The second kappa shape index (κ2) is 6.84. The highest BCUT2D eigenvalue weighted by molar-refractivity contribution is 7.85. The highest BCUT2D eigenvalue weighted by Gasteiger charge is 2.20. The van der Waals surface area contributed by atoms with Gasteiger partial charge in [-0.15, -0.1) is 0 Å². The number of hydrogen-bond donors (Lipinski definition) is 0. The molecular weight excluding hydrogens is 312 g/mol. The highest BCUT2D eigenvalue weighted by atomic mass is 32.2. The molecule has 5 nitrogen and oxygen atoms in total. The molecule has 0 fully saturated rings. The van der Waals surface area contributed by atoms with Crippen molar-refractivity contribution in [2.75, 3.05) is 5.75 Å². The molecule has 6 heteroatoms. The summed E-state index contributed by atoms with van der Waals surface area (Å²) in [7, 11) is -4.20. The molecule has 0 radical (unpaired) electrons. The van der Waals surface area contributed by atoms with E-state index < -0.39 is 15.9 Å². The summed E-state index contributed by atoms with van der Waals surface area (Å²) in [5.74, 6) is 0.355. The van der Waals surface area contributed by atoms with Crippen molar-refractivity contribution >= 4 is 10.1 Å². The van der Waals surface area contributed by atoms with Crippen molar-refractivity contribution in [2.24, 2.45) is 0 Å². The standard InChI is InChI=1S/C17H24N2O3S/c1-13(2)15-6-5-7-16(14(3)4)17(15)19-9-8-18(12-19)10-11-23(20,21)22/h5-9,12-14H,10-11H2,1-4H3. The first kappa shape index (κ1) is 17.7. The first-order chi connectivity index (χ1) is 10.7. The smallest absolute Gasteiger partial charge is 0.249 e. The van der Waals surface area contributed by atoms with Crippen molar-refractivity contribution in [1.29, 1.82) is 0 Å². The lowest BCUT2D eigenvalue weighted by Crippen LogP contribution is -2.35. The molecule has 0 amide bonds. The van der Waals surface area contributed by atoms with Gasteiger partial charge >= 0.3 is 0 Å². The van der Waals surface area contributed by atoms with Crippen LogP contribution in [0.1, 0.15) is 50.7 Å². The van der Waals surface area contributed by atoms with Gasteiger partial charge in [-0.2, -0.15) is 0 Å². The van der Waals surface area contributed by atoms with Crippen molar-refractivity contribution in [1.82, 2.24) is 4.57 Å². The average molecular weight is 336 g/mol. The van der Waals surface area contributed by atoms with E-state index >= 15 is 0 Å². The highest BCUT2D eigenvalue weighted by Crippen LogP contribution is 2.30. The number of imidazole rings is 1. The molecule has 0 aliphatic heterocycles. The molecule has 2 aromatic rings. The molecule has 1 aromatic heterocycles. The molecule has 0 aliphatic carbocycles. The third-order valence-electron chi connectivity index (χ3n) is 3.89. The van der Waals surface area contributed by atoms with Crippen LogP contribution in [0.15, 0.2) is 36.9 Å². The van der Waals surface area contributed by atoms with Gasteiger partial charge in [-0.1, -0.05) is 45.9 Å². The van der Waals surface area contributed by atoms with E-state index in [0.717, 1.165) is 5.69 Å². The summed E-state index contributed by atoms with van der Waals surface area (Å²) in [6.45, 7) is 8.80. The van der Waals surface area contributed by atoms with Crippen LogP contribution in [0.2, 0.25) is 0 Å². The summed E-state index contributed by atoms with van der Waals surface area (Å²) < 4.78 is 36.1. The number of para-hydroxylation sites is 1. The second-order valence-corrected chi connectivity index (χ2v) is 7.94. The van der Waals surface area contributed by atoms with Gasteiger partial charge in [0, 0.05) is 11.1 Å². The minimum Gasteiger partial charge on any atom is -0.748 e. The van der Waals surface area contributed by atoms with Crippen LogP contribution in [0, 0.1) is 0 Å². The minimum absolute atomic E-state index is 0.166. The van der Waals surface area contributed by atoms with Crippen LogP contribution in [0.3, 0.4) is 0 Å². The lowest BCUT2D eigenvalue weighted by Gasteiger charge is -2.16. The predicted octanol–water partition coefficient (Wildman–Crippen LogP) is 2.56. The number of aryl methyl sites for hydroxylation is 1. The Morgan fingerprint density at radius 1 is 1.13 bits per heavy atom. The maximum Gasteiger partial charge on any atom is 0.249 e. The number of nitrogens with zero attached hydrogens (tertiary/aromatic N) is 2. The van der Waals surface area contributed by atoms with Crippen LogP contribution >= 0.6 is 0 Å². The summed E-state index contributed by atoms with van der Waals surface area (Å²) in [4.78, 5) is 0. The summed E-state index contributed by atoms with van der Waals surface area (Å²) >= 11 is 0. The van der Waals surface area contributed by atoms with Crippen LogP contribution in [0.25, 0.3) is 5.69 Å². The van der Waals surface area contributed by atoms with Gasteiger partial charge in [0.15, 0.2) is 0 Å². The van der Waals surface area contributed by atoms with E-state index in [0.29, 0.717) is 11.8 Å². The van der Waals surface area contributed by atoms with E-state index in [1.54, 1.807) is 10.8 Å². The largest absolute Gasteiger partial charge is 0.748 e. The molecule has 0 bridgehead atoms. The Bertz CT molecular complexity index is 751. The van der Waals surface area contributed by atoms with E-state index in [-0.39, 0.29) is 6.54 Å². The van der Waals surface area contributed by atoms with E-state index in [1.165, 1.54) is 11.1 Å². The summed E-state index contributed by atoms with van der Waals surface area (Å²) in [6, 6.07) is 6.33. The van der Waals surface area contributed by atoms with E-state index in [2.05, 4.69) is 45.9 Å². The quantitative estimate of drug-likeness (QED) is 0.601. The predicted molar refractivity (Wildman–Crippen MR) is 88.7 cm³/mol. The Kier molecular flexibility index (Phi) is 5.26. The summed E-state index contributed by atoms with van der Waals surface area (Å²) in [5, 5.41) is 0.